The van der Waals surface area contributed by atoms with Crippen LogP contribution in [-0.4, -0.2) is 40.5 Å². The molecule has 0 atom stereocenters. The molecule has 3 aromatic rings. The third-order valence-electron chi connectivity index (χ3n) is 4.74. The van der Waals surface area contributed by atoms with Crippen LogP contribution in [0.3, 0.4) is 0 Å². The highest BCUT2D eigenvalue weighted by atomic mass is 16.1. The third kappa shape index (κ3) is 3.42. The second-order valence-electron chi connectivity index (χ2n) is 6.62. The van der Waals surface area contributed by atoms with Gasteiger partial charge in [-0.15, -0.1) is 0 Å². The second-order valence-corrected chi connectivity index (χ2v) is 6.62. The lowest BCUT2D eigenvalue weighted by Gasteiger charge is -2.35. The van der Waals surface area contributed by atoms with Gasteiger partial charge in [-0.05, 0) is 30.7 Å². The maximum atomic E-state index is 12.3. The quantitative estimate of drug-likeness (QED) is 0.737. The van der Waals surface area contributed by atoms with Gasteiger partial charge < -0.3 is 4.90 Å². The summed E-state index contributed by atoms with van der Waals surface area (Å²) in [5, 5.41) is 0. The molecule has 0 amide bonds. The van der Waals surface area contributed by atoms with Gasteiger partial charge in [-0.3, -0.25) is 14.1 Å². The van der Waals surface area contributed by atoms with Gasteiger partial charge in [-0.2, -0.15) is 0 Å². The van der Waals surface area contributed by atoms with Crippen LogP contribution in [0.5, 0.6) is 0 Å². The zero-order chi connectivity index (χ0) is 17.2. The Morgan fingerprint density at radius 3 is 2.52 bits per heavy atom. The zero-order valence-electron chi connectivity index (χ0n) is 14.4. The maximum absolute atomic E-state index is 12.3. The number of fused-ring (bicyclic) bond motifs is 1. The number of nitrogens with zero attached hydrogens (tertiary/aromatic N) is 4. The molecule has 1 aromatic carbocycles. The Morgan fingerprint density at radius 2 is 1.76 bits per heavy atom. The fourth-order valence-electron chi connectivity index (χ4n) is 3.37. The first kappa shape index (κ1) is 15.8. The van der Waals surface area contributed by atoms with Crippen LogP contribution >= 0.6 is 0 Å². The summed E-state index contributed by atoms with van der Waals surface area (Å²) >= 11 is 0. The average Bonchev–Trinajstić information content (AvgIpc) is 2.64. The van der Waals surface area contributed by atoms with Crippen molar-refractivity contribution in [1.29, 1.82) is 0 Å². The summed E-state index contributed by atoms with van der Waals surface area (Å²) in [6.07, 6.45) is 1.84. The van der Waals surface area contributed by atoms with Gasteiger partial charge >= 0.3 is 0 Å². The van der Waals surface area contributed by atoms with Gasteiger partial charge in [-0.25, -0.2) is 4.98 Å². The minimum Gasteiger partial charge on any atom is -0.369 e. The van der Waals surface area contributed by atoms with Crippen molar-refractivity contribution in [3.63, 3.8) is 0 Å². The van der Waals surface area contributed by atoms with Crippen LogP contribution < -0.4 is 10.5 Å². The molecule has 0 unspecified atom stereocenters. The van der Waals surface area contributed by atoms with Crippen LogP contribution in [0, 0.1) is 6.92 Å². The number of hydrogen-bond donors (Lipinski definition) is 0. The van der Waals surface area contributed by atoms with Gasteiger partial charge in [-0.1, -0.05) is 24.3 Å². The second kappa shape index (κ2) is 6.69. The highest BCUT2D eigenvalue weighted by molar-refractivity contribution is 5.46. The topological polar surface area (TPSA) is 40.9 Å². The zero-order valence-corrected chi connectivity index (χ0v) is 14.4. The number of piperazine rings is 1. The van der Waals surface area contributed by atoms with Crippen LogP contribution in [0.1, 0.15) is 11.3 Å². The predicted octanol–water partition coefficient (Wildman–Crippen LogP) is 2.33. The van der Waals surface area contributed by atoms with E-state index in [4.69, 9.17) is 0 Å². The molecule has 0 radical (unpaired) electrons. The first-order chi connectivity index (χ1) is 12.2. The Bertz CT molecular complexity index is 927. The molecule has 1 saturated heterocycles. The van der Waals surface area contributed by atoms with Crippen molar-refractivity contribution < 1.29 is 0 Å². The average molecular weight is 334 g/mol. The van der Waals surface area contributed by atoms with Crippen LogP contribution in [0.2, 0.25) is 0 Å². The minimum atomic E-state index is -0.00776. The fourth-order valence-corrected chi connectivity index (χ4v) is 3.37. The standard InChI is InChI=1S/C20H22N4O/c1-16-7-8-19-21-17(13-20(25)24(19)14-16)15-22-9-11-23(12-10-22)18-5-3-2-4-6-18/h2-8,13-14H,9-12,15H2,1H3. The summed E-state index contributed by atoms with van der Waals surface area (Å²) in [6, 6.07) is 16.1. The van der Waals surface area contributed by atoms with Gasteiger partial charge in [0, 0.05) is 50.7 Å². The fraction of sp³-hybridized carbons (Fsp3) is 0.300. The van der Waals surface area contributed by atoms with E-state index in [1.165, 1.54) is 5.69 Å². The van der Waals surface area contributed by atoms with E-state index in [0.29, 0.717) is 0 Å². The molecule has 3 heterocycles. The van der Waals surface area contributed by atoms with E-state index < -0.39 is 0 Å². The molecule has 1 aliphatic heterocycles. The van der Waals surface area contributed by atoms with Gasteiger partial charge in [0.1, 0.15) is 5.65 Å². The Labute approximate surface area is 147 Å². The molecule has 1 aliphatic rings. The molecule has 4 rings (SSSR count). The number of pyridine rings is 1. The summed E-state index contributed by atoms with van der Waals surface area (Å²) in [5.74, 6) is 0. The van der Waals surface area contributed by atoms with E-state index in [2.05, 4.69) is 39.0 Å². The molecule has 0 saturated carbocycles. The van der Waals surface area contributed by atoms with Gasteiger partial charge in [0.15, 0.2) is 0 Å². The van der Waals surface area contributed by atoms with Crippen molar-refractivity contribution in [1.82, 2.24) is 14.3 Å². The van der Waals surface area contributed by atoms with E-state index in [1.807, 2.05) is 31.3 Å². The lowest BCUT2D eigenvalue weighted by Crippen LogP contribution is -2.46. The van der Waals surface area contributed by atoms with Gasteiger partial charge in [0.25, 0.3) is 5.56 Å². The molecular weight excluding hydrogens is 312 g/mol. The summed E-state index contributed by atoms with van der Waals surface area (Å²) < 4.78 is 1.62. The van der Waals surface area contributed by atoms with Crippen LogP contribution in [0.25, 0.3) is 5.65 Å². The molecule has 128 valence electrons. The predicted molar refractivity (Wildman–Crippen MR) is 100 cm³/mol. The molecule has 0 N–H and O–H groups in total. The summed E-state index contributed by atoms with van der Waals surface area (Å²) in [4.78, 5) is 21.8. The Hall–Kier alpha value is -2.66. The normalized spacial score (nSPS) is 15.6. The van der Waals surface area contributed by atoms with Crippen molar-refractivity contribution in [2.45, 2.75) is 13.5 Å². The summed E-state index contributed by atoms with van der Waals surface area (Å²) in [7, 11) is 0. The van der Waals surface area contributed by atoms with E-state index in [-0.39, 0.29) is 5.56 Å². The Kier molecular flexibility index (Phi) is 4.24. The molecule has 0 spiro atoms. The number of hydrogen-bond acceptors (Lipinski definition) is 4. The van der Waals surface area contributed by atoms with Gasteiger partial charge in [0.05, 0.1) is 5.69 Å². The Morgan fingerprint density at radius 1 is 1.00 bits per heavy atom. The largest absolute Gasteiger partial charge is 0.369 e. The number of aromatic nitrogens is 2. The smallest absolute Gasteiger partial charge is 0.258 e. The van der Waals surface area contributed by atoms with Crippen molar-refractivity contribution in [2.24, 2.45) is 0 Å². The van der Waals surface area contributed by atoms with E-state index in [0.717, 1.165) is 49.6 Å². The maximum Gasteiger partial charge on any atom is 0.258 e. The monoisotopic (exact) mass is 334 g/mol. The molecule has 2 aromatic heterocycles. The lowest BCUT2D eigenvalue weighted by molar-refractivity contribution is 0.247. The van der Waals surface area contributed by atoms with Crippen LogP contribution in [-0.2, 0) is 6.54 Å². The number of para-hydroxylation sites is 1. The molecule has 25 heavy (non-hydrogen) atoms. The molecule has 1 fully saturated rings. The minimum absolute atomic E-state index is 0.00776. The van der Waals surface area contributed by atoms with Crippen LogP contribution in [0.15, 0.2) is 59.5 Å². The molecule has 5 heteroatoms. The summed E-state index contributed by atoms with van der Waals surface area (Å²) in [5.41, 5.74) is 3.89. The number of anilines is 1. The third-order valence-corrected chi connectivity index (χ3v) is 4.74. The lowest BCUT2D eigenvalue weighted by atomic mass is 10.2. The Balaban J connectivity index is 1.46. The number of rotatable bonds is 3. The van der Waals surface area contributed by atoms with Crippen molar-refractivity contribution >= 4 is 11.3 Å². The van der Waals surface area contributed by atoms with Crippen molar-refractivity contribution in [3.8, 4) is 0 Å². The van der Waals surface area contributed by atoms with Gasteiger partial charge in [0.2, 0.25) is 0 Å². The first-order valence-electron chi connectivity index (χ1n) is 8.70. The van der Waals surface area contributed by atoms with Crippen LogP contribution in [0.4, 0.5) is 5.69 Å². The summed E-state index contributed by atoms with van der Waals surface area (Å²) in [6.45, 7) is 6.65. The molecule has 5 nitrogen and oxygen atoms in total. The van der Waals surface area contributed by atoms with E-state index >= 15 is 0 Å². The highest BCUT2D eigenvalue weighted by Gasteiger charge is 2.18. The van der Waals surface area contributed by atoms with Crippen molar-refractivity contribution in [3.05, 3.63) is 76.3 Å². The van der Waals surface area contributed by atoms with Crippen molar-refractivity contribution in [2.75, 3.05) is 31.1 Å². The molecule has 0 bridgehead atoms. The van der Waals surface area contributed by atoms with E-state index in [1.54, 1.807) is 10.5 Å². The SMILES string of the molecule is Cc1ccc2nc(CN3CCN(c4ccccc4)CC3)cc(=O)n2c1. The highest BCUT2D eigenvalue weighted by Crippen LogP contribution is 2.16. The number of benzene rings is 1. The molecule has 0 aliphatic carbocycles. The first-order valence-corrected chi connectivity index (χ1v) is 8.70. The molecular formula is C20H22N4O. The van der Waals surface area contributed by atoms with E-state index in [9.17, 15) is 4.79 Å². The number of aryl methyl sites for hydroxylation is 1.